The Balaban J connectivity index is 1.70. The Morgan fingerprint density at radius 1 is 1.18 bits per heavy atom. The molecule has 1 aromatic heterocycles. The van der Waals surface area contributed by atoms with Gasteiger partial charge in [0.2, 0.25) is 0 Å². The molecule has 2 aromatic carbocycles. The number of rotatable bonds is 3. The van der Waals surface area contributed by atoms with Crippen LogP contribution in [0.25, 0.3) is 11.0 Å². The van der Waals surface area contributed by atoms with Crippen molar-refractivity contribution in [1.82, 2.24) is 0 Å². The van der Waals surface area contributed by atoms with Crippen molar-refractivity contribution in [3.8, 4) is 0 Å². The average Bonchev–Trinajstić information content (AvgIpc) is 2.86. The molecule has 0 aliphatic heterocycles. The molecular weight excluding hydrogens is 298 g/mol. The van der Waals surface area contributed by atoms with Crippen molar-refractivity contribution in [2.75, 3.05) is 5.32 Å². The minimum absolute atomic E-state index is 0.370. The van der Waals surface area contributed by atoms with E-state index >= 15 is 0 Å². The van der Waals surface area contributed by atoms with Crippen LogP contribution in [0.4, 0.5) is 5.69 Å². The zero-order chi connectivity index (χ0) is 15.5. The Hall–Kier alpha value is -2.46. The van der Waals surface area contributed by atoms with Crippen molar-refractivity contribution in [3.05, 3.63) is 64.9 Å². The summed E-state index contributed by atoms with van der Waals surface area (Å²) in [5, 5.41) is 4.83. The van der Waals surface area contributed by atoms with Crippen LogP contribution in [0.1, 0.15) is 11.3 Å². The molecule has 0 saturated carbocycles. The molecule has 4 nitrogen and oxygen atoms in total. The molecule has 0 aliphatic carbocycles. The van der Waals surface area contributed by atoms with Gasteiger partial charge in [-0.3, -0.25) is 0 Å². The third-order valence-corrected chi connectivity index (χ3v) is 3.51. The van der Waals surface area contributed by atoms with E-state index in [4.69, 9.17) is 21.8 Å². The van der Waals surface area contributed by atoms with Gasteiger partial charge < -0.3 is 15.5 Å². The molecule has 0 radical (unpaired) electrons. The summed E-state index contributed by atoms with van der Waals surface area (Å²) in [5.41, 5.74) is 8.71. The summed E-state index contributed by atoms with van der Waals surface area (Å²) in [4.78, 5) is 4.32. The highest BCUT2D eigenvalue weighted by Gasteiger charge is 2.02. The van der Waals surface area contributed by atoms with Crippen LogP contribution in [0, 0.1) is 6.92 Å². The fourth-order valence-corrected chi connectivity index (χ4v) is 2.33. The Morgan fingerprint density at radius 3 is 2.73 bits per heavy atom. The Bertz CT molecular complexity index is 822. The number of halogens is 1. The van der Waals surface area contributed by atoms with Crippen LogP contribution in [0.15, 0.2) is 57.9 Å². The molecule has 0 bridgehead atoms. The first-order valence-corrected chi connectivity index (χ1v) is 7.29. The van der Waals surface area contributed by atoms with Crippen molar-refractivity contribution >= 4 is 34.2 Å². The molecule has 5 heteroatoms. The summed E-state index contributed by atoms with van der Waals surface area (Å²) in [6, 6.07) is 15.3. The average molecular weight is 314 g/mol. The standard InChI is InChI=1S/C17H16ClN3O/c1-11-8-13-9-15(6-7-16(13)22-11)21-17(19)20-10-12-2-4-14(18)5-3-12/h2-9H,10H2,1H3,(H3,19,20,21). The van der Waals surface area contributed by atoms with E-state index in [1.54, 1.807) is 0 Å². The number of anilines is 1. The van der Waals surface area contributed by atoms with Gasteiger partial charge in [-0.25, -0.2) is 4.99 Å². The molecule has 0 saturated heterocycles. The van der Waals surface area contributed by atoms with E-state index in [1.807, 2.05) is 55.5 Å². The highest BCUT2D eigenvalue weighted by molar-refractivity contribution is 6.30. The van der Waals surface area contributed by atoms with Crippen LogP contribution < -0.4 is 11.1 Å². The topological polar surface area (TPSA) is 63.5 Å². The van der Waals surface area contributed by atoms with Crippen molar-refractivity contribution < 1.29 is 4.42 Å². The van der Waals surface area contributed by atoms with E-state index < -0.39 is 0 Å². The van der Waals surface area contributed by atoms with E-state index in [9.17, 15) is 0 Å². The summed E-state index contributed by atoms with van der Waals surface area (Å²) < 4.78 is 5.54. The first-order chi connectivity index (χ1) is 10.6. The smallest absolute Gasteiger partial charge is 0.193 e. The van der Waals surface area contributed by atoms with Crippen LogP contribution in [0.2, 0.25) is 5.02 Å². The number of guanidine groups is 1. The van der Waals surface area contributed by atoms with Gasteiger partial charge in [0.1, 0.15) is 11.3 Å². The van der Waals surface area contributed by atoms with Gasteiger partial charge in [0, 0.05) is 16.1 Å². The van der Waals surface area contributed by atoms with Crippen molar-refractivity contribution in [1.29, 1.82) is 0 Å². The predicted molar refractivity (Wildman–Crippen MR) is 91.4 cm³/mol. The van der Waals surface area contributed by atoms with E-state index in [2.05, 4.69) is 10.3 Å². The maximum Gasteiger partial charge on any atom is 0.193 e. The van der Waals surface area contributed by atoms with Gasteiger partial charge >= 0.3 is 0 Å². The molecule has 0 unspecified atom stereocenters. The van der Waals surface area contributed by atoms with Crippen LogP contribution >= 0.6 is 11.6 Å². The van der Waals surface area contributed by atoms with E-state index in [0.29, 0.717) is 17.5 Å². The largest absolute Gasteiger partial charge is 0.461 e. The lowest BCUT2D eigenvalue weighted by atomic mass is 10.2. The van der Waals surface area contributed by atoms with Gasteiger partial charge in [0.05, 0.1) is 6.54 Å². The zero-order valence-corrected chi connectivity index (χ0v) is 12.9. The van der Waals surface area contributed by atoms with Gasteiger partial charge in [-0.2, -0.15) is 0 Å². The van der Waals surface area contributed by atoms with Gasteiger partial charge in [0.15, 0.2) is 5.96 Å². The molecule has 3 N–H and O–H groups in total. The lowest BCUT2D eigenvalue weighted by Gasteiger charge is -2.05. The molecule has 3 rings (SSSR count). The fraction of sp³-hybridized carbons (Fsp3) is 0.118. The van der Waals surface area contributed by atoms with E-state index in [1.165, 1.54) is 0 Å². The minimum Gasteiger partial charge on any atom is -0.461 e. The molecule has 0 amide bonds. The first kappa shape index (κ1) is 14.5. The van der Waals surface area contributed by atoms with Crippen molar-refractivity contribution in [3.63, 3.8) is 0 Å². The second kappa shape index (κ2) is 6.12. The maximum atomic E-state index is 5.92. The third-order valence-electron chi connectivity index (χ3n) is 3.26. The lowest BCUT2D eigenvalue weighted by Crippen LogP contribution is -2.22. The number of nitrogens with one attached hydrogen (secondary N) is 1. The molecule has 22 heavy (non-hydrogen) atoms. The molecule has 0 atom stereocenters. The number of nitrogens with zero attached hydrogens (tertiary/aromatic N) is 1. The maximum absolute atomic E-state index is 5.92. The second-order valence-electron chi connectivity index (χ2n) is 5.06. The summed E-state index contributed by atoms with van der Waals surface area (Å²) >= 11 is 5.85. The molecule has 1 heterocycles. The van der Waals surface area contributed by atoms with E-state index in [0.717, 1.165) is 28.0 Å². The predicted octanol–water partition coefficient (Wildman–Crippen LogP) is 4.32. The summed E-state index contributed by atoms with van der Waals surface area (Å²) in [7, 11) is 0. The molecule has 112 valence electrons. The highest BCUT2D eigenvalue weighted by atomic mass is 35.5. The molecule has 3 aromatic rings. The molecular formula is C17H16ClN3O. The third kappa shape index (κ3) is 3.40. The quantitative estimate of drug-likeness (QED) is 0.559. The Kier molecular flexibility index (Phi) is 4.02. The SMILES string of the molecule is Cc1cc2cc(NC(N)=NCc3ccc(Cl)cc3)ccc2o1. The Labute approximate surface area is 133 Å². The zero-order valence-electron chi connectivity index (χ0n) is 12.1. The first-order valence-electron chi connectivity index (χ1n) is 6.92. The number of furan rings is 1. The van der Waals surface area contributed by atoms with Crippen LogP contribution in [-0.2, 0) is 6.54 Å². The summed E-state index contributed by atoms with van der Waals surface area (Å²) in [6.07, 6.45) is 0. The number of fused-ring (bicyclic) bond motifs is 1. The molecule has 0 spiro atoms. The van der Waals surface area contributed by atoms with Gasteiger partial charge in [-0.1, -0.05) is 23.7 Å². The number of hydrogen-bond acceptors (Lipinski definition) is 2. The minimum atomic E-state index is 0.370. The summed E-state index contributed by atoms with van der Waals surface area (Å²) in [6.45, 7) is 2.43. The number of benzene rings is 2. The number of hydrogen-bond donors (Lipinski definition) is 2. The normalized spacial score (nSPS) is 11.8. The number of aliphatic imine (C=N–C) groups is 1. The monoisotopic (exact) mass is 313 g/mol. The van der Waals surface area contributed by atoms with Crippen molar-refractivity contribution in [2.24, 2.45) is 10.7 Å². The van der Waals surface area contributed by atoms with Crippen LogP contribution in [-0.4, -0.2) is 5.96 Å². The highest BCUT2D eigenvalue weighted by Crippen LogP contribution is 2.22. The lowest BCUT2D eigenvalue weighted by molar-refractivity contribution is 0.578. The Morgan fingerprint density at radius 2 is 1.95 bits per heavy atom. The second-order valence-corrected chi connectivity index (χ2v) is 5.50. The van der Waals surface area contributed by atoms with Gasteiger partial charge in [-0.15, -0.1) is 0 Å². The van der Waals surface area contributed by atoms with E-state index in [-0.39, 0.29) is 0 Å². The van der Waals surface area contributed by atoms with Crippen LogP contribution in [0.3, 0.4) is 0 Å². The molecule has 0 aliphatic rings. The molecule has 0 fully saturated rings. The van der Waals surface area contributed by atoms with Gasteiger partial charge in [-0.05, 0) is 48.9 Å². The number of aryl methyl sites for hydroxylation is 1. The number of nitrogens with two attached hydrogens (primary N) is 1. The van der Waals surface area contributed by atoms with Gasteiger partial charge in [0.25, 0.3) is 0 Å². The van der Waals surface area contributed by atoms with Crippen LogP contribution in [0.5, 0.6) is 0 Å². The summed E-state index contributed by atoms with van der Waals surface area (Å²) in [5.74, 6) is 1.26. The van der Waals surface area contributed by atoms with Crippen molar-refractivity contribution in [2.45, 2.75) is 13.5 Å². The fourth-order valence-electron chi connectivity index (χ4n) is 2.21.